The fraction of sp³-hybridized carbons (Fsp3) is 0.846. The standard InChI is InChI=1S/C13H24N2O2/c1-9-7-6-8-10(2)15(9)12(17)11(16)14-13(3,4)5/h9-10H,6-8H2,1-5H3,(H,14,16). The van der Waals surface area contributed by atoms with Crippen molar-refractivity contribution in [2.75, 3.05) is 0 Å². The van der Waals surface area contributed by atoms with Crippen molar-refractivity contribution in [2.24, 2.45) is 0 Å². The molecule has 1 heterocycles. The number of likely N-dealkylation sites (tertiary alicyclic amines) is 1. The van der Waals surface area contributed by atoms with Crippen molar-refractivity contribution >= 4 is 11.8 Å². The molecule has 17 heavy (non-hydrogen) atoms. The van der Waals surface area contributed by atoms with Crippen molar-refractivity contribution in [3.05, 3.63) is 0 Å². The molecule has 2 atom stereocenters. The molecule has 0 aromatic carbocycles. The van der Waals surface area contributed by atoms with Gasteiger partial charge in [0.25, 0.3) is 0 Å². The number of rotatable bonds is 0. The minimum atomic E-state index is -0.488. The summed E-state index contributed by atoms with van der Waals surface area (Å²) in [6.07, 6.45) is 3.10. The van der Waals surface area contributed by atoms with E-state index >= 15 is 0 Å². The van der Waals surface area contributed by atoms with Gasteiger partial charge >= 0.3 is 11.8 Å². The summed E-state index contributed by atoms with van der Waals surface area (Å²) in [7, 11) is 0. The highest BCUT2D eigenvalue weighted by Gasteiger charge is 2.33. The third-order valence-electron chi connectivity index (χ3n) is 3.11. The van der Waals surface area contributed by atoms with Crippen LogP contribution in [0.25, 0.3) is 0 Å². The number of piperidine rings is 1. The highest BCUT2D eigenvalue weighted by atomic mass is 16.2. The van der Waals surface area contributed by atoms with Crippen LogP contribution in [0.4, 0.5) is 0 Å². The van der Waals surface area contributed by atoms with Gasteiger partial charge in [-0.25, -0.2) is 0 Å². The Labute approximate surface area is 104 Å². The molecule has 1 rings (SSSR count). The molecule has 0 spiro atoms. The van der Waals surface area contributed by atoms with Gasteiger partial charge < -0.3 is 10.2 Å². The Balaban J connectivity index is 2.71. The van der Waals surface area contributed by atoms with E-state index in [1.165, 1.54) is 0 Å². The van der Waals surface area contributed by atoms with Gasteiger partial charge in [0, 0.05) is 17.6 Å². The zero-order valence-corrected chi connectivity index (χ0v) is 11.5. The molecule has 1 N–H and O–H groups in total. The average molecular weight is 240 g/mol. The van der Waals surface area contributed by atoms with Crippen LogP contribution in [0.2, 0.25) is 0 Å². The number of nitrogens with zero attached hydrogens (tertiary/aromatic N) is 1. The van der Waals surface area contributed by atoms with Gasteiger partial charge in [-0.05, 0) is 53.9 Å². The first-order valence-corrected chi connectivity index (χ1v) is 6.37. The van der Waals surface area contributed by atoms with Crippen LogP contribution in [0.3, 0.4) is 0 Å². The van der Waals surface area contributed by atoms with Gasteiger partial charge in [0.15, 0.2) is 0 Å². The maximum atomic E-state index is 12.1. The molecule has 0 aromatic heterocycles. The Morgan fingerprint density at radius 1 is 1.12 bits per heavy atom. The number of carbonyl (C=O) groups excluding carboxylic acids is 2. The molecule has 2 unspecified atom stereocenters. The number of carbonyl (C=O) groups is 2. The molecule has 2 amide bonds. The SMILES string of the molecule is CC1CCCC(C)N1C(=O)C(=O)NC(C)(C)C. The van der Waals surface area contributed by atoms with E-state index in [0.29, 0.717) is 0 Å². The molecule has 0 bridgehead atoms. The fourth-order valence-corrected chi connectivity index (χ4v) is 2.33. The first-order valence-electron chi connectivity index (χ1n) is 6.37. The van der Waals surface area contributed by atoms with Crippen molar-refractivity contribution in [1.29, 1.82) is 0 Å². The van der Waals surface area contributed by atoms with Crippen molar-refractivity contribution in [2.45, 2.75) is 71.5 Å². The van der Waals surface area contributed by atoms with Crippen LogP contribution >= 0.6 is 0 Å². The molecule has 0 aromatic rings. The van der Waals surface area contributed by atoms with E-state index < -0.39 is 5.91 Å². The van der Waals surface area contributed by atoms with E-state index in [4.69, 9.17) is 0 Å². The second-order valence-corrected chi connectivity index (χ2v) is 6.05. The van der Waals surface area contributed by atoms with Crippen LogP contribution in [0.1, 0.15) is 53.9 Å². The number of hydrogen-bond acceptors (Lipinski definition) is 2. The quantitative estimate of drug-likeness (QED) is 0.655. The third-order valence-corrected chi connectivity index (χ3v) is 3.11. The molecular weight excluding hydrogens is 216 g/mol. The Hall–Kier alpha value is -1.06. The van der Waals surface area contributed by atoms with E-state index in [-0.39, 0.29) is 23.5 Å². The van der Waals surface area contributed by atoms with Gasteiger partial charge in [-0.1, -0.05) is 0 Å². The summed E-state index contributed by atoms with van der Waals surface area (Å²) >= 11 is 0. The topological polar surface area (TPSA) is 49.4 Å². The molecule has 1 aliphatic heterocycles. The predicted octanol–water partition coefficient (Wildman–Crippen LogP) is 1.69. The number of hydrogen-bond donors (Lipinski definition) is 1. The van der Waals surface area contributed by atoms with Crippen LogP contribution in [-0.4, -0.2) is 34.3 Å². The molecule has 0 radical (unpaired) electrons. The molecule has 98 valence electrons. The summed E-state index contributed by atoms with van der Waals surface area (Å²) in [6.45, 7) is 9.65. The number of amides is 2. The maximum absolute atomic E-state index is 12.1. The zero-order chi connectivity index (χ0) is 13.2. The van der Waals surface area contributed by atoms with Crippen molar-refractivity contribution in [3.8, 4) is 0 Å². The molecule has 0 saturated carbocycles. The Kier molecular flexibility index (Phi) is 4.17. The second-order valence-electron chi connectivity index (χ2n) is 6.05. The van der Waals surface area contributed by atoms with E-state index in [0.717, 1.165) is 19.3 Å². The largest absolute Gasteiger partial charge is 0.343 e. The molecule has 1 saturated heterocycles. The summed E-state index contributed by atoms with van der Waals surface area (Å²) in [6, 6.07) is 0.328. The lowest BCUT2D eigenvalue weighted by atomic mass is 9.97. The van der Waals surface area contributed by atoms with Crippen LogP contribution < -0.4 is 5.32 Å². The Bertz CT molecular complexity index is 297. The molecule has 4 heteroatoms. The molecule has 4 nitrogen and oxygen atoms in total. The second kappa shape index (κ2) is 5.07. The van der Waals surface area contributed by atoms with E-state index in [2.05, 4.69) is 5.32 Å². The van der Waals surface area contributed by atoms with Crippen LogP contribution in [-0.2, 0) is 9.59 Å². The van der Waals surface area contributed by atoms with Gasteiger partial charge in [-0.3, -0.25) is 9.59 Å². The predicted molar refractivity (Wildman–Crippen MR) is 67.5 cm³/mol. The zero-order valence-electron chi connectivity index (χ0n) is 11.5. The van der Waals surface area contributed by atoms with Gasteiger partial charge in [0.05, 0.1) is 0 Å². The summed E-state index contributed by atoms with van der Waals surface area (Å²) in [4.78, 5) is 25.7. The number of nitrogens with one attached hydrogen (secondary N) is 1. The monoisotopic (exact) mass is 240 g/mol. The minimum Gasteiger partial charge on any atom is -0.343 e. The van der Waals surface area contributed by atoms with E-state index in [1.54, 1.807) is 4.90 Å². The average Bonchev–Trinajstić information content (AvgIpc) is 2.14. The molecular formula is C13H24N2O2. The smallest absolute Gasteiger partial charge is 0.312 e. The lowest BCUT2D eigenvalue weighted by Crippen LogP contribution is -2.55. The van der Waals surface area contributed by atoms with Crippen LogP contribution in [0.15, 0.2) is 0 Å². The first kappa shape index (κ1) is 14.0. The summed E-state index contributed by atoms with van der Waals surface area (Å²) in [5, 5.41) is 2.73. The highest BCUT2D eigenvalue weighted by Crippen LogP contribution is 2.22. The van der Waals surface area contributed by atoms with E-state index in [9.17, 15) is 9.59 Å². The van der Waals surface area contributed by atoms with Crippen molar-refractivity contribution in [3.63, 3.8) is 0 Å². The van der Waals surface area contributed by atoms with Crippen molar-refractivity contribution < 1.29 is 9.59 Å². The third kappa shape index (κ3) is 3.72. The highest BCUT2D eigenvalue weighted by molar-refractivity contribution is 6.35. The van der Waals surface area contributed by atoms with E-state index in [1.807, 2.05) is 34.6 Å². The van der Waals surface area contributed by atoms with Crippen LogP contribution in [0.5, 0.6) is 0 Å². The molecule has 1 fully saturated rings. The summed E-state index contributed by atoms with van der Waals surface area (Å²) in [5.74, 6) is -0.877. The summed E-state index contributed by atoms with van der Waals surface area (Å²) < 4.78 is 0. The van der Waals surface area contributed by atoms with Gasteiger partial charge in [0.2, 0.25) is 0 Å². The summed E-state index contributed by atoms with van der Waals surface area (Å²) in [5.41, 5.74) is -0.366. The Morgan fingerprint density at radius 2 is 1.59 bits per heavy atom. The maximum Gasteiger partial charge on any atom is 0.312 e. The van der Waals surface area contributed by atoms with Crippen molar-refractivity contribution in [1.82, 2.24) is 10.2 Å². The van der Waals surface area contributed by atoms with Crippen LogP contribution in [0, 0.1) is 0 Å². The molecule has 0 aliphatic carbocycles. The lowest BCUT2D eigenvalue weighted by Gasteiger charge is -2.39. The minimum absolute atomic E-state index is 0.164. The normalized spacial score (nSPS) is 25.6. The molecule has 1 aliphatic rings. The lowest BCUT2D eigenvalue weighted by molar-refractivity contribution is -0.150. The van der Waals surface area contributed by atoms with Gasteiger partial charge in [0.1, 0.15) is 0 Å². The Morgan fingerprint density at radius 3 is 2.00 bits per heavy atom. The van der Waals surface area contributed by atoms with Gasteiger partial charge in [-0.15, -0.1) is 0 Å². The van der Waals surface area contributed by atoms with Gasteiger partial charge in [-0.2, -0.15) is 0 Å². The first-order chi connectivity index (χ1) is 7.72. The fourth-order valence-electron chi connectivity index (χ4n) is 2.33.